The number of rotatable bonds is 6. The zero-order chi connectivity index (χ0) is 20.4. The molecule has 0 saturated carbocycles. The van der Waals surface area contributed by atoms with Crippen LogP contribution < -0.4 is 5.01 Å². The zero-order valence-electron chi connectivity index (χ0n) is 16.2. The Labute approximate surface area is 174 Å². The first-order valence-corrected chi connectivity index (χ1v) is 10.2. The normalized spacial score (nSPS) is 16.8. The zero-order valence-corrected chi connectivity index (χ0v) is 17.0. The molecule has 1 saturated heterocycles. The first kappa shape index (κ1) is 19.4. The predicted molar refractivity (Wildman–Crippen MR) is 114 cm³/mol. The van der Waals surface area contributed by atoms with E-state index >= 15 is 0 Å². The van der Waals surface area contributed by atoms with Crippen molar-refractivity contribution >= 4 is 40.0 Å². The molecule has 4 rings (SSSR count). The summed E-state index contributed by atoms with van der Waals surface area (Å²) in [6.07, 6.45) is 3.98. The van der Waals surface area contributed by atoms with Crippen LogP contribution in [0.3, 0.4) is 0 Å². The molecule has 5 nitrogen and oxygen atoms in total. The van der Waals surface area contributed by atoms with Gasteiger partial charge in [0.1, 0.15) is 5.92 Å². The maximum atomic E-state index is 13.4. The molecule has 0 aliphatic carbocycles. The lowest BCUT2D eigenvalue weighted by Crippen LogP contribution is -2.40. The van der Waals surface area contributed by atoms with Crippen molar-refractivity contribution in [2.45, 2.75) is 32.7 Å². The third kappa shape index (κ3) is 3.70. The average Bonchev–Trinajstić information content (AvgIpc) is 2.96. The molecule has 3 aromatic rings. The standard InChI is InChI=1S/C23H22ClN3O2/c1-2-3-9-19-22(28)26(15-16-7-5-4-6-8-16)27(23(19)29)21-12-13-25-20-14-17(24)10-11-18(20)21/h4-8,10-14,19H,2-3,9,15H2,1H3. The monoisotopic (exact) mass is 407 g/mol. The summed E-state index contributed by atoms with van der Waals surface area (Å²) in [5.41, 5.74) is 2.31. The van der Waals surface area contributed by atoms with Crippen molar-refractivity contribution in [3.8, 4) is 0 Å². The van der Waals surface area contributed by atoms with E-state index in [4.69, 9.17) is 11.6 Å². The molecule has 1 atom stereocenters. The number of carbonyl (C=O) groups is 2. The summed E-state index contributed by atoms with van der Waals surface area (Å²) in [5.74, 6) is -0.970. The van der Waals surface area contributed by atoms with Gasteiger partial charge < -0.3 is 0 Å². The second-order valence-corrected chi connectivity index (χ2v) is 7.65. The molecule has 2 heterocycles. The molecule has 0 spiro atoms. The number of fused-ring (bicyclic) bond motifs is 1. The number of aromatic nitrogens is 1. The summed E-state index contributed by atoms with van der Waals surface area (Å²) < 4.78 is 0. The Morgan fingerprint density at radius 1 is 1.03 bits per heavy atom. The maximum Gasteiger partial charge on any atom is 0.258 e. The molecule has 0 radical (unpaired) electrons. The number of hydrogen-bond donors (Lipinski definition) is 0. The maximum absolute atomic E-state index is 13.4. The van der Waals surface area contributed by atoms with E-state index in [-0.39, 0.29) is 11.8 Å². The Morgan fingerprint density at radius 2 is 1.83 bits per heavy atom. The first-order valence-electron chi connectivity index (χ1n) is 9.83. The van der Waals surface area contributed by atoms with E-state index in [2.05, 4.69) is 11.9 Å². The van der Waals surface area contributed by atoms with Crippen LogP contribution >= 0.6 is 11.6 Å². The fraction of sp³-hybridized carbons (Fsp3) is 0.261. The van der Waals surface area contributed by atoms with Crippen LogP contribution in [-0.2, 0) is 16.1 Å². The Bertz CT molecular complexity index is 1050. The summed E-state index contributed by atoms with van der Waals surface area (Å²) in [6, 6.07) is 16.9. The van der Waals surface area contributed by atoms with Crippen molar-refractivity contribution in [3.63, 3.8) is 0 Å². The summed E-state index contributed by atoms with van der Waals surface area (Å²) in [4.78, 5) is 30.9. The summed E-state index contributed by atoms with van der Waals surface area (Å²) in [5, 5.41) is 4.47. The van der Waals surface area contributed by atoms with Crippen LogP contribution in [0.1, 0.15) is 31.7 Å². The highest BCUT2D eigenvalue weighted by molar-refractivity contribution is 6.31. The van der Waals surface area contributed by atoms with Gasteiger partial charge in [0.2, 0.25) is 0 Å². The van der Waals surface area contributed by atoms with Crippen molar-refractivity contribution in [2.75, 3.05) is 5.01 Å². The van der Waals surface area contributed by atoms with Gasteiger partial charge in [0.15, 0.2) is 0 Å². The lowest BCUT2D eigenvalue weighted by molar-refractivity contribution is -0.133. The van der Waals surface area contributed by atoms with E-state index in [1.54, 1.807) is 29.4 Å². The third-order valence-electron chi connectivity index (χ3n) is 5.23. The number of halogens is 1. The van der Waals surface area contributed by atoms with E-state index in [9.17, 15) is 9.59 Å². The highest BCUT2D eigenvalue weighted by Gasteiger charge is 2.46. The lowest BCUT2D eigenvalue weighted by Gasteiger charge is -2.28. The topological polar surface area (TPSA) is 53.5 Å². The highest BCUT2D eigenvalue weighted by Crippen LogP contribution is 2.35. The summed E-state index contributed by atoms with van der Waals surface area (Å²) in [6.45, 7) is 2.40. The predicted octanol–water partition coefficient (Wildman–Crippen LogP) is 4.99. The molecule has 1 unspecified atom stereocenters. The minimum absolute atomic E-state index is 0.147. The molecule has 1 aliphatic rings. The average molecular weight is 408 g/mol. The number of nitrogens with zero attached hydrogens (tertiary/aromatic N) is 3. The molecule has 2 aromatic carbocycles. The van der Waals surface area contributed by atoms with Crippen LogP contribution in [0, 0.1) is 5.92 Å². The van der Waals surface area contributed by atoms with Crippen LogP contribution in [0.4, 0.5) is 5.69 Å². The molecular weight excluding hydrogens is 386 g/mol. The van der Waals surface area contributed by atoms with Crippen LogP contribution in [0.15, 0.2) is 60.8 Å². The number of amides is 2. The molecule has 1 aliphatic heterocycles. The number of pyridine rings is 1. The number of anilines is 1. The Morgan fingerprint density at radius 3 is 2.59 bits per heavy atom. The largest absolute Gasteiger partial charge is 0.272 e. The molecule has 29 heavy (non-hydrogen) atoms. The lowest BCUT2D eigenvalue weighted by atomic mass is 10.0. The van der Waals surface area contributed by atoms with Gasteiger partial charge in [-0.05, 0) is 36.2 Å². The molecule has 1 fully saturated rings. The van der Waals surface area contributed by atoms with Gasteiger partial charge in [0.05, 0.1) is 17.7 Å². The van der Waals surface area contributed by atoms with Crippen LogP contribution in [0.25, 0.3) is 10.9 Å². The van der Waals surface area contributed by atoms with Crippen molar-refractivity contribution < 1.29 is 9.59 Å². The van der Waals surface area contributed by atoms with Crippen LogP contribution in [0.2, 0.25) is 5.02 Å². The number of carbonyl (C=O) groups excluding carboxylic acids is 2. The smallest absolute Gasteiger partial charge is 0.258 e. The highest BCUT2D eigenvalue weighted by atomic mass is 35.5. The van der Waals surface area contributed by atoms with Gasteiger partial charge in [-0.3, -0.25) is 14.6 Å². The van der Waals surface area contributed by atoms with Crippen molar-refractivity contribution in [3.05, 3.63) is 71.4 Å². The van der Waals surface area contributed by atoms with E-state index in [1.807, 2.05) is 36.4 Å². The van der Waals surface area contributed by atoms with E-state index in [0.717, 1.165) is 23.8 Å². The van der Waals surface area contributed by atoms with Crippen molar-refractivity contribution in [1.82, 2.24) is 9.99 Å². The fourth-order valence-corrected chi connectivity index (χ4v) is 3.92. The van der Waals surface area contributed by atoms with Gasteiger partial charge >= 0.3 is 0 Å². The van der Waals surface area contributed by atoms with Gasteiger partial charge in [-0.2, -0.15) is 0 Å². The minimum Gasteiger partial charge on any atom is -0.272 e. The van der Waals surface area contributed by atoms with E-state index < -0.39 is 5.92 Å². The Hall–Kier alpha value is -2.92. The van der Waals surface area contributed by atoms with E-state index in [0.29, 0.717) is 29.2 Å². The van der Waals surface area contributed by atoms with Gasteiger partial charge in [0.25, 0.3) is 11.8 Å². The van der Waals surface area contributed by atoms with Crippen molar-refractivity contribution in [1.29, 1.82) is 0 Å². The number of hydrazine groups is 1. The van der Waals surface area contributed by atoms with Crippen LogP contribution in [-0.4, -0.2) is 21.8 Å². The molecular formula is C23H22ClN3O2. The fourth-order valence-electron chi connectivity index (χ4n) is 3.75. The molecule has 148 valence electrons. The number of unbranched alkanes of at least 4 members (excludes halogenated alkanes) is 1. The third-order valence-corrected chi connectivity index (χ3v) is 5.47. The quantitative estimate of drug-likeness (QED) is 0.541. The van der Waals surface area contributed by atoms with Gasteiger partial charge in [-0.1, -0.05) is 61.7 Å². The Kier molecular flexibility index (Phi) is 5.49. The van der Waals surface area contributed by atoms with Gasteiger partial charge in [0, 0.05) is 16.6 Å². The van der Waals surface area contributed by atoms with Crippen molar-refractivity contribution in [2.24, 2.45) is 5.92 Å². The van der Waals surface area contributed by atoms with Gasteiger partial charge in [-0.15, -0.1) is 0 Å². The second kappa shape index (κ2) is 8.21. The van der Waals surface area contributed by atoms with Gasteiger partial charge in [-0.25, -0.2) is 10.0 Å². The SMILES string of the molecule is CCCCC1C(=O)N(Cc2ccccc2)N(c2ccnc3cc(Cl)ccc23)C1=O. The molecule has 1 aromatic heterocycles. The molecule has 2 amide bonds. The Balaban J connectivity index is 1.79. The molecule has 0 bridgehead atoms. The summed E-state index contributed by atoms with van der Waals surface area (Å²) in [7, 11) is 0. The van der Waals surface area contributed by atoms with E-state index in [1.165, 1.54) is 5.01 Å². The minimum atomic E-state index is -0.644. The first-order chi connectivity index (χ1) is 14.1. The molecule has 0 N–H and O–H groups in total. The summed E-state index contributed by atoms with van der Waals surface area (Å²) >= 11 is 6.11. The van der Waals surface area contributed by atoms with Crippen LogP contribution in [0.5, 0.6) is 0 Å². The number of hydrogen-bond acceptors (Lipinski definition) is 3. The second-order valence-electron chi connectivity index (χ2n) is 7.22. The molecule has 6 heteroatoms. The number of benzene rings is 2.